The maximum Gasteiger partial charge on any atom is 0.280 e. The van der Waals surface area contributed by atoms with Crippen LogP contribution in [-0.2, 0) is 5.41 Å². The fourth-order valence-electron chi connectivity index (χ4n) is 1.29. The number of aliphatic imine (C=N–C) groups is 1. The van der Waals surface area contributed by atoms with Gasteiger partial charge >= 0.3 is 0 Å². The molecule has 4 nitrogen and oxygen atoms in total. The molecule has 0 bridgehead atoms. The van der Waals surface area contributed by atoms with Gasteiger partial charge in [-0.3, -0.25) is 4.79 Å². The molecule has 0 saturated heterocycles. The van der Waals surface area contributed by atoms with Crippen molar-refractivity contribution in [2.24, 2.45) is 16.5 Å². The summed E-state index contributed by atoms with van der Waals surface area (Å²) in [6.07, 6.45) is 0. The first-order valence-corrected chi connectivity index (χ1v) is 5.05. The van der Waals surface area contributed by atoms with Crippen LogP contribution in [0.4, 0.5) is 0 Å². The first-order valence-electron chi connectivity index (χ1n) is 5.05. The topological polar surface area (TPSA) is 81.5 Å². The summed E-state index contributed by atoms with van der Waals surface area (Å²) < 4.78 is 0. The highest BCUT2D eigenvalue weighted by Gasteiger charge is 2.13. The third-order valence-electron chi connectivity index (χ3n) is 2.23. The number of hydrogen-bond acceptors (Lipinski definition) is 1. The summed E-state index contributed by atoms with van der Waals surface area (Å²) in [6, 6.07) is 7.29. The molecule has 0 aliphatic heterocycles. The summed E-state index contributed by atoms with van der Waals surface area (Å²) >= 11 is 0. The Morgan fingerprint density at radius 2 is 1.59 bits per heavy atom. The Morgan fingerprint density at radius 3 is 1.94 bits per heavy atom. The van der Waals surface area contributed by atoms with Crippen LogP contribution in [0.2, 0.25) is 0 Å². The second-order valence-corrected chi connectivity index (χ2v) is 4.67. The van der Waals surface area contributed by atoms with E-state index in [9.17, 15) is 4.79 Å². The van der Waals surface area contributed by atoms with E-state index < -0.39 is 5.91 Å². The Kier molecular flexibility index (Phi) is 5.16. The van der Waals surface area contributed by atoms with Gasteiger partial charge in [-0.25, -0.2) is 0 Å². The van der Waals surface area contributed by atoms with Gasteiger partial charge in [-0.1, -0.05) is 32.9 Å². The Hall–Kier alpha value is -1.55. The van der Waals surface area contributed by atoms with Gasteiger partial charge in [0.15, 0.2) is 5.96 Å². The molecule has 0 aromatic heterocycles. The molecule has 1 amide bonds. The molecule has 1 aromatic carbocycles. The van der Waals surface area contributed by atoms with E-state index in [0.717, 1.165) is 5.56 Å². The van der Waals surface area contributed by atoms with Crippen LogP contribution in [0.25, 0.3) is 0 Å². The molecule has 0 heterocycles. The number of nitrogens with two attached hydrogens (primary N) is 2. The summed E-state index contributed by atoms with van der Waals surface area (Å²) in [5.74, 6) is -0.634. The van der Waals surface area contributed by atoms with E-state index in [2.05, 4.69) is 25.8 Å². The fourth-order valence-corrected chi connectivity index (χ4v) is 1.29. The monoisotopic (exact) mass is 255 g/mol. The van der Waals surface area contributed by atoms with Crippen molar-refractivity contribution in [2.75, 3.05) is 0 Å². The Bertz CT molecular complexity index is 414. The van der Waals surface area contributed by atoms with Gasteiger partial charge in [0.25, 0.3) is 5.91 Å². The van der Waals surface area contributed by atoms with Crippen LogP contribution in [0, 0.1) is 0 Å². The predicted octanol–water partition coefficient (Wildman–Crippen LogP) is 1.82. The molecule has 17 heavy (non-hydrogen) atoms. The van der Waals surface area contributed by atoms with Gasteiger partial charge < -0.3 is 11.5 Å². The molecular weight excluding hydrogens is 238 g/mol. The number of rotatable bonds is 1. The lowest BCUT2D eigenvalue weighted by atomic mass is 9.87. The third kappa shape index (κ3) is 4.44. The van der Waals surface area contributed by atoms with E-state index in [1.807, 2.05) is 12.1 Å². The molecule has 0 fully saturated rings. The van der Waals surface area contributed by atoms with Crippen molar-refractivity contribution in [1.29, 1.82) is 0 Å². The number of carbonyl (C=O) groups is 1. The van der Waals surface area contributed by atoms with Gasteiger partial charge in [-0.2, -0.15) is 4.99 Å². The standard InChI is InChI=1S/C12H17N3O.ClH/c1-12(2,3)9-6-4-8(5-7-9)10(16)15-11(13)14;/h4-7H,1-3H3,(H4,13,14,15,16);1H. The molecular formula is C12H18ClN3O. The van der Waals surface area contributed by atoms with Gasteiger partial charge in [-0.05, 0) is 23.1 Å². The van der Waals surface area contributed by atoms with Crippen molar-refractivity contribution >= 4 is 24.3 Å². The average molecular weight is 256 g/mol. The van der Waals surface area contributed by atoms with Crippen LogP contribution in [0.5, 0.6) is 0 Å². The maximum atomic E-state index is 11.5. The number of carbonyl (C=O) groups excluding carboxylic acids is 1. The van der Waals surface area contributed by atoms with Gasteiger partial charge in [0.05, 0.1) is 0 Å². The molecule has 4 N–H and O–H groups in total. The first-order chi connectivity index (χ1) is 7.30. The molecule has 0 spiro atoms. The Labute approximate surface area is 108 Å². The number of hydrogen-bond donors (Lipinski definition) is 2. The number of guanidine groups is 1. The van der Waals surface area contributed by atoms with Gasteiger partial charge in [0.1, 0.15) is 0 Å². The number of halogens is 1. The minimum absolute atomic E-state index is 0. The zero-order valence-electron chi connectivity index (χ0n) is 10.2. The van der Waals surface area contributed by atoms with Crippen molar-refractivity contribution in [1.82, 2.24) is 0 Å². The SMILES string of the molecule is CC(C)(C)c1ccc(C(=O)N=C(N)N)cc1.Cl. The summed E-state index contributed by atoms with van der Waals surface area (Å²) in [5, 5.41) is 0. The minimum atomic E-state index is -0.416. The summed E-state index contributed by atoms with van der Waals surface area (Å²) in [6.45, 7) is 6.33. The van der Waals surface area contributed by atoms with Crippen LogP contribution in [-0.4, -0.2) is 11.9 Å². The van der Waals surface area contributed by atoms with Crippen LogP contribution in [0.1, 0.15) is 36.7 Å². The second kappa shape index (κ2) is 5.68. The first kappa shape index (κ1) is 15.4. The van der Waals surface area contributed by atoms with Crippen LogP contribution >= 0.6 is 12.4 Å². The van der Waals surface area contributed by atoms with Crippen molar-refractivity contribution in [3.8, 4) is 0 Å². The maximum absolute atomic E-state index is 11.5. The second-order valence-electron chi connectivity index (χ2n) is 4.67. The van der Waals surface area contributed by atoms with Gasteiger partial charge in [0.2, 0.25) is 0 Å². The Balaban J connectivity index is 0.00000256. The van der Waals surface area contributed by atoms with Crippen molar-refractivity contribution < 1.29 is 4.79 Å². The molecule has 0 radical (unpaired) electrons. The lowest BCUT2D eigenvalue weighted by Crippen LogP contribution is -2.24. The third-order valence-corrected chi connectivity index (χ3v) is 2.23. The highest BCUT2D eigenvalue weighted by molar-refractivity contribution is 6.01. The highest BCUT2D eigenvalue weighted by Crippen LogP contribution is 2.22. The normalized spacial score (nSPS) is 10.3. The predicted molar refractivity (Wildman–Crippen MR) is 72.5 cm³/mol. The van der Waals surface area contributed by atoms with E-state index in [4.69, 9.17) is 11.5 Å². The average Bonchev–Trinajstić information content (AvgIpc) is 2.15. The molecule has 0 saturated carbocycles. The van der Waals surface area contributed by atoms with Crippen molar-refractivity contribution in [3.63, 3.8) is 0 Å². The summed E-state index contributed by atoms with van der Waals surface area (Å²) in [4.78, 5) is 14.9. The van der Waals surface area contributed by atoms with E-state index in [0.29, 0.717) is 5.56 Å². The van der Waals surface area contributed by atoms with Crippen LogP contribution in [0.3, 0.4) is 0 Å². The molecule has 5 heteroatoms. The van der Waals surface area contributed by atoms with E-state index in [1.54, 1.807) is 12.1 Å². The van der Waals surface area contributed by atoms with Gasteiger partial charge in [0, 0.05) is 5.56 Å². The molecule has 0 atom stereocenters. The lowest BCUT2D eigenvalue weighted by Gasteiger charge is -2.18. The van der Waals surface area contributed by atoms with Crippen LogP contribution < -0.4 is 11.5 Å². The molecule has 1 rings (SSSR count). The number of nitrogens with zero attached hydrogens (tertiary/aromatic N) is 1. The zero-order chi connectivity index (χ0) is 12.3. The number of benzene rings is 1. The molecule has 0 unspecified atom stereocenters. The van der Waals surface area contributed by atoms with Gasteiger partial charge in [-0.15, -0.1) is 12.4 Å². The minimum Gasteiger partial charge on any atom is -0.370 e. The lowest BCUT2D eigenvalue weighted by molar-refractivity contribution is 0.100. The van der Waals surface area contributed by atoms with Crippen molar-refractivity contribution in [2.45, 2.75) is 26.2 Å². The van der Waals surface area contributed by atoms with Crippen LogP contribution in [0.15, 0.2) is 29.3 Å². The smallest absolute Gasteiger partial charge is 0.280 e. The highest BCUT2D eigenvalue weighted by atomic mass is 35.5. The zero-order valence-corrected chi connectivity index (χ0v) is 11.0. The van der Waals surface area contributed by atoms with E-state index in [1.165, 1.54) is 0 Å². The van der Waals surface area contributed by atoms with E-state index >= 15 is 0 Å². The van der Waals surface area contributed by atoms with E-state index in [-0.39, 0.29) is 23.8 Å². The molecule has 94 valence electrons. The quantitative estimate of drug-likeness (QED) is 0.593. The summed E-state index contributed by atoms with van der Waals surface area (Å²) in [5.41, 5.74) is 12.0. The Morgan fingerprint density at radius 1 is 1.12 bits per heavy atom. The molecule has 1 aromatic rings. The summed E-state index contributed by atoms with van der Waals surface area (Å²) in [7, 11) is 0. The number of amides is 1. The largest absolute Gasteiger partial charge is 0.370 e. The van der Waals surface area contributed by atoms with Crippen molar-refractivity contribution in [3.05, 3.63) is 35.4 Å². The fraction of sp³-hybridized carbons (Fsp3) is 0.333. The molecule has 0 aliphatic carbocycles. The molecule has 0 aliphatic rings.